The standard InChI is InChI=1S/C23H27N5O2/c24-21-25-5-3-20(26-21)30-18-1-2-19-17(10-18)4-6-28(19)22(29)27-23-11-14-7-15(12-23)9-16(8-14)13-23/h1-3,5,10,14-16H,4,6-9,11-13H2,(H,27,29)(H2,24,25,26). The highest BCUT2D eigenvalue weighted by Gasteiger charge is 2.52. The van der Waals surface area contributed by atoms with Crippen LogP contribution in [0.2, 0.25) is 0 Å². The number of amides is 2. The average molecular weight is 406 g/mol. The highest BCUT2D eigenvalue weighted by atomic mass is 16.5. The molecule has 7 nitrogen and oxygen atoms in total. The predicted molar refractivity (Wildman–Crippen MR) is 113 cm³/mol. The molecule has 0 saturated heterocycles. The normalized spacial score (nSPS) is 30.9. The zero-order valence-corrected chi connectivity index (χ0v) is 17.0. The minimum absolute atomic E-state index is 0.0323. The summed E-state index contributed by atoms with van der Waals surface area (Å²) >= 11 is 0. The van der Waals surface area contributed by atoms with Crippen molar-refractivity contribution in [3.8, 4) is 11.6 Å². The van der Waals surface area contributed by atoms with E-state index in [1.165, 1.54) is 38.5 Å². The summed E-state index contributed by atoms with van der Waals surface area (Å²) in [4.78, 5) is 23.1. The van der Waals surface area contributed by atoms with Crippen molar-refractivity contribution in [2.24, 2.45) is 17.8 Å². The van der Waals surface area contributed by atoms with Crippen LogP contribution in [0.15, 0.2) is 30.5 Å². The smallest absolute Gasteiger partial charge is 0.322 e. The maximum atomic E-state index is 13.3. The van der Waals surface area contributed by atoms with Crippen LogP contribution in [0.5, 0.6) is 11.6 Å². The molecule has 3 N–H and O–H groups in total. The molecular formula is C23H27N5O2. The van der Waals surface area contributed by atoms with Crippen molar-refractivity contribution in [1.29, 1.82) is 0 Å². The van der Waals surface area contributed by atoms with Gasteiger partial charge in [-0.25, -0.2) is 9.78 Å². The molecule has 0 atom stereocenters. The van der Waals surface area contributed by atoms with Gasteiger partial charge >= 0.3 is 6.03 Å². The Morgan fingerprint density at radius 3 is 2.57 bits per heavy atom. The molecule has 0 radical (unpaired) electrons. The summed E-state index contributed by atoms with van der Waals surface area (Å²) in [6, 6.07) is 7.59. The third-order valence-corrected chi connectivity index (χ3v) is 7.47. The molecule has 7 heteroatoms. The third-order valence-electron chi connectivity index (χ3n) is 7.47. The molecule has 2 amide bonds. The molecule has 0 spiro atoms. The second kappa shape index (κ2) is 6.59. The first-order chi connectivity index (χ1) is 14.6. The maximum Gasteiger partial charge on any atom is 0.322 e. The SMILES string of the molecule is Nc1nccc(Oc2ccc3c(c2)CCN3C(=O)NC23CC4CC(CC(C4)C2)C3)n1. The van der Waals surface area contributed by atoms with Crippen molar-refractivity contribution in [2.75, 3.05) is 17.2 Å². The summed E-state index contributed by atoms with van der Waals surface area (Å²) in [5.74, 6) is 3.74. The molecule has 2 aromatic rings. The van der Waals surface area contributed by atoms with Crippen LogP contribution in [-0.4, -0.2) is 28.1 Å². The Hall–Kier alpha value is -2.83. The fraction of sp³-hybridized carbons (Fsp3) is 0.522. The number of aromatic nitrogens is 2. The molecule has 0 unspecified atom stereocenters. The van der Waals surface area contributed by atoms with E-state index in [2.05, 4.69) is 15.3 Å². The molecule has 2 heterocycles. The van der Waals surface area contributed by atoms with E-state index in [4.69, 9.17) is 10.5 Å². The van der Waals surface area contributed by atoms with Crippen LogP contribution in [0.3, 0.4) is 0 Å². The number of nitrogens with one attached hydrogen (secondary N) is 1. The monoisotopic (exact) mass is 405 g/mol. The summed E-state index contributed by atoms with van der Waals surface area (Å²) in [6.45, 7) is 0.706. The molecule has 4 saturated carbocycles. The number of ether oxygens (including phenoxy) is 1. The summed E-state index contributed by atoms with van der Waals surface area (Å²) in [5, 5.41) is 3.49. The number of carbonyl (C=O) groups excluding carboxylic acids is 1. The van der Waals surface area contributed by atoms with Crippen LogP contribution in [0.4, 0.5) is 16.4 Å². The van der Waals surface area contributed by atoms with E-state index < -0.39 is 0 Å². The van der Waals surface area contributed by atoms with Crippen molar-refractivity contribution in [2.45, 2.75) is 50.5 Å². The second-order valence-electron chi connectivity index (χ2n) is 9.68. The fourth-order valence-corrected chi connectivity index (χ4v) is 6.74. The lowest BCUT2D eigenvalue weighted by atomic mass is 9.53. The topological polar surface area (TPSA) is 93.4 Å². The van der Waals surface area contributed by atoms with E-state index >= 15 is 0 Å². The highest BCUT2D eigenvalue weighted by Crippen LogP contribution is 2.55. The second-order valence-corrected chi connectivity index (χ2v) is 9.68. The van der Waals surface area contributed by atoms with Gasteiger partial charge < -0.3 is 15.8 Å². The quantitative estimate of drug-likeness (QED) is 0.808. The number of urea groups is 1. The molecule has 156 valence electrons. The van der Waals surface area contributed by atoms with Gasteiger partial charge in [-0.3, -0.25) is 4.90 Å². The van der Waals surface area contributed by atoms with Crippen molar-refractivity contribution in [1.82, 2.24) is 15.3 Å². The number of fused-ring (bicyclic) bond motifs is 1. The molecule has 4 fully saturated rings. The third kappa shape index (κ3) is 3.07. The number of rotatable bonds is 3. The lowest BCUT2D eigenvalue weighted by Crippen LogP contribution is -2.61. The lowest BCUT2D eigenvalue weighted by molar-refractivity contribution is -0.0131. The van der Waals surface area contributed by atoms with Crippen LogP contribution in [-0.2, 0) is 6.42 Å². The van der Waals surface area contributed by atoms with Gasteiger partial charge in [-0.05, 0) is 86.5 Å². The Kier molecular flexibility index (Phi) is 3.95. The summed E-state index contributed by atoms with van der Waals surface area (Å²) < 4.78 is 5.82. The van der Waals surface area contributed by atoms with Gasteiger partial charge in [0.1, 0.15) is 5.75 Å². The Balaban J connectivity index is 1.18. The van der Waals surface area contributed by atoms with E-state index in [9.17, 15) is 4.79 Å². The number of nitrogens with zero attached hydrogens (tertiary/aromatic N) is 3. The first kappa shape index (κ1) is 18.0. The average Bonchev–Trinajstić information content (AvgIpc) is 3.10. The fourth-order valence-electron chi connectivity index (χ4n) is 6.74. The minimum Gasteiger partial charge on any atom is -0.439 e. The number of carbonyl (C=O) groups is 1. The van der Waals surface area contributed by atoms with E-state index in [1.54, 1.807) is 12.3 Å². The van der Waals surface area contributed by atoms with Gasteiger partial charge in [0.2, 0.25) is 11.8 Å². The lowest BCUT2D eigenvalue weighted by Gasteiger charge is -2.57. The number of hydrogen-bond donors (Lipinski definition) is 2. The Labute approximate surface area is 176 Å². The van der Waals surface area contributed by atoms with E-state index in [0.29, 0.717) is 18.2 Å². The molecule has 4 aliphatic carbocycles. The van der Waals surface area contributed by atoms with Crippen LogP contribution >= 0.6 is 0 Å². The van der Waals surface area contributed by atoms with Crippen molar-refractivity contribution in [3.63, 3.8) is 0 Å². The number of nitrogens with two attached hydrogens (primary N) is 1. The zero-order valence-electron chi connectivity index (χ0n) is 17.0. The maximum absolute atomic E-state index is 13.3. The van der Waals surface area contributed by atoms with Gasteiger partial charge in [0.15, 0.2) is 0 Å². The van der Waals surface area contributed by atoms with Crippen LogP contribution in [0, 0.1) is 17.8 Å². The molecule has 4 bridgehead atoms. The minimum atomic E-state index is 0.0323. The molecule has 5 aliphatic rings. The summed E-state index contributed by atoms with van der Waals surface area (Å²) in [6.07, 6.45) is 10.0. The molecule has 30 heavy (non-hydrogen) atoms. The zero-order chi connectivity index (χ0) is 20.3. The summed E-state index contributed by atoms with van der Waals surface area (Å²) in [5.41, 5.74) is 7.75. The van der Waals surface area contributed by atoms with Gasteiger partial charge in [0.05, 0.1) is 0 Å². The number of benzene rings is 1. The van der Waals surface area contributed by atoms with Gasteiger partial charge in [0, 0.05) is 30.0 Å². The van der Waals surface area contributed by atoms with Crippen LogP contribution in [0.25, 0.3) is 0 Å². The molecule has 7 rings (SSSR count). The molecule has 1 aromatic carbocycles. The van der Waals surface area contributed by atoms with E-state index in [-0.39, 0.29) is 17.5 Å². The number of hydrogen-bond acceptors (Lipinski definition) is 5. The van der Waals surface area contributed by atoms with Gasteiger partial charge in [0.25, 0.3) is 0 Å². The highest BCUT2D eigenvalue weighted by molar-refractivity contribution is 5.94. The molecule has 1 aliphatic heterocycles. The number of nitrogen functional groups attached to an aromatic ring is 1. The Morgan fingerprint density at radius 1 is 1.13 bits per heavy atom. The van der Waals surface area contributed by atoms with Gasteiger partial charge in [-0.1, -0.05) is 0 Å². The van der Waals surface area contributed by atoms with Gasteiger partial charge in [-0.2, -0.15) is 4.98 Å². The van der Waals surface area contributed by atoms with Crippen molar-refractivity contribution in [3.05, 3.63) is 36.0 Å². The molecule has 1 aromatic heterocycles. The van der Waals surface area contributed by atoms with E-state index in [1.807, 2.05) is 23.1 Å². The largest absolute Gasteiger partial charge is 0.439 e. The van der Waals surface area contributed by atoms with Gasteiger partial charge in [-0.15, -0.1) is 0 Å². The van der Waals surface area contributed by atoms with Crippen molar-refractivity contribution < 1.29 is 9.53 Å². The van der Waals surface area contributed by atoms with Crippen LogP contribution in [0.1, 0.15) is 44.1 Å². The van der Waals surface area contributed by atoms with Crippen molar-refractivity contribution >= 4 is 17.7 Å². The first-order valence-corrected chi connectivity index (χ1v) is 11.0. The molecular weight excluding hydrogens is 378 g/mol. The van der Waals surface area contributed by atoms with Crippen LogP contribution < -0.4 is 20.7 Å². The number of anilines is 2. The Morgan fingerprint density at radius 2 is 1.87 bits per heavy atom. The predicted octanol–water partition coefficient (Wildman–Crippen LogP) is 3.89. The Bertz CT molecular complexity index is 972. The summed E-state index contributed by atoms with van der Waals surface area (Å²) in [7, 11) is 0. The van der Waals surface area contributed by atoms with E-state index in [0.717, 1.165) is 35.4 Å². The first-order valence-electron chi connectivity index (χ1n) is 11.0.